The van der Waals surface area contributed by atoms with Crippen LogP contribution in [0.5, 0.6) is 0 Å². The number of piperidine rings is 2. The minimum atomic E-state index is -0.302. The van der Waals surface area contributed by atoms with Crippen molar-refractivity contribution in [2.24, 2.45) is 0 Å². The number of likely N-dealkylation sites (tertiary alicyclic amines) is 2. The van der Waals surface area contributed by atoms with Crippen LogP contribution in [-0.2, 0) is 0 Å². The largest absolute Gasteiger partial charge is 0.337 e. The number of nitrogens with zero attached hydrogens (tertiary/aromatic N) is 4. The van der Waals surface area contributed by atoms with E-state index in [1.165, 1.54) is 44.7 Å². The smallest absolute Gasteiger partial charge is 0.276 e. The van der Waals surface area contributed by atoms with Gasteiger partial charge in [-0.2, -0.15) is 0 Å². The Bertz CT molecular complexity index is 843. The third kappa shape index (κ3) is 4.62. The molecule has 0 saturated carbocycles. The van der Waals surface area contributed by atoms with E-state index in [1.54, 1.807) is 24.3 Å². The molecule has 29 heavy (non-hydrogen) atoms. The molecule has 7 heteroatoms. The lowest BCUT2D eigenvalue weighted by molar-refractivity contribution is 0.0585. The third-order valence-corrected chi connectivity index (χ3v) is 5.83. The van der Waals surface area contributed by atoms with Gasteiger partial charge in [0, 0.05) is 37.1 Å². The van der Waals surface area contributed by atoms with Crippen LogP contribution >= 0.6 is 0 Å². The Balaban J connectivity index is 1.41. The number of carbonyl (C=O) groups excluding carboxylic acids is 2. The number of aromatic nitrogens is 2. The van der Waals surface area contributed by atoms with Gasteiger partial charge in [-0.05, 0) is 50.9 Å². The summed E-state index contributed by atoms with van der Waals surface area (Å²) in [6.45, 7) is 3.78. The highest BCUT2D eigenvalue weighted by Gasteiger charge is 2.30. The van der Waals surface area contributed by atoms with Crippen molar-refractivity contribution < 1.29 is 9.59 Å². The van der Waals surface area contributed by atoms with Crippen molar-refractivity contribution in [3.05, 3.63) is 54.0 Å². The predicted molar refractivity (Wildman–Crippen MR) is 111 cm³/mol. The molecule has 2 fully saturated rings. The molecule has 1 aromatic carbocycles. The summed E-state index contributed by atoms with van der Waals surface area (Å²) in [4.78, 5) is 38.4. The summed E-state index contributed by atoms with van der Waals surface area (Å²) in [5.41, 5.74) is 0.715. The summed E-state index contributed by atoms with van der Waals surface area (Å²) < 4.78 is 0. The molecule has 2 aliphatic rings. The van der Waals surface area contributed by atoms with Crippen LogP contribution in [-0.4, -0.2) is 63.8 Å². The lowest BCUT2D eigenvalue weighted by Crippen LogP contribution is -2.48. The number of rotatable bonds is 4. The van der Waals surface area contributed by atoms with Crippen LogP contribution in [0.1, 0.15) is 53.0 Å². The van der Waals surface area contributed by atoms with Crippen LogP contribution in [0.2, 0.25) is 0 Å². The fourth-order valence-corrected chi connectivity index (χ4v) is 4.22. The van der Waals surface area contributed by atoms with Crippen LogP contribution in [0.3, 0.4) is 0 Å². The fourth-order valence-electron chi connectivity index (χ4n) is 4.22. The minimum Gasteiger partial charge on any atom is -0.337 e. The first-order valence-electron chi connectivity index (χ1n) is 10.4. The molecule has 0 radical (unpaired) electrons. The lowest BCUT2D eigenvalue weighted by Gasteiger charge is -2.40. The topological polar surface area (TPSA) is 78.4 Å². The maximum absolute atomic E-state index is 13.1. The maximum atomic E-state index is 13.1. The van der Waals surface area contributed by atoms with Crippen LogP contribution in [0.15, 0.2) is 42.7 Å². The molecule has 152 valence electrons. The first kappa shape index (κ1) is 19.5. The number of benzene rings is 1. The molecule has 7 nitrogen and oxygen atoms in total. The van der Waals surface area contributed by atoms with Gasteiger partial charge < -0.3 is 15.1 Å². The maximum Gasteiger partial charge on any atom is 0.276 e. The second kappa shape index (κ2) is 9.13. The lowest BCUT2D eigenvalue weighted by atomic mass is 9.99. The van der Waals surface area contributed by atoms with Crippen molar-refractivity contribution >= 4 is 17.6 Å². The van der Waals surface area contributed by atoms with Crippen LogP contribution in [0.4, 0.5) is 5.82 Å². The molecule has 0 atom stereocenters. The van der Waals surface area contributed by atoms with Gasteiger partial charge >= 0.3 is 0 Å². The van der Waals surface area contributed by atoms with Gasteiger partial charge in [0.25, 0.3) is 11.8 Å². The molecule has 0 unspecified atom stereocenters. The Morgan fingerprint density at radius 3 is 2.31 bits per heavy atom. The quantitative estimate of drug-likeness (QED) is 0.864. The first-order valence-corrected chi connectivity index (χ1v) is 10.4. The molecule has 3 heterocycles. The normalized spacial score (nSPS) is 18.4. The van der Waals surface area contributed by atoms with Crippen molar-refractivity contribution in [1.82, 2.24) is 19.8 Å². The molecule has 2 saturated heterocycles. The Morgan fingerprint density at radius 2 is 1.59 bits per heavy atom. The van der Waals surface area contributed by atoms with Gasteiger partial charge in [0.05, 0.1) is 0 Å². The minimum absolute atomic E-state index is 0.168. The predicted octanol–water partition coefficient (Wildman–Crippen LogP) is 2.82. The zero-order valence-electron chi connectivity index (χ0n) is 16.6. The highest BCUT2D eigenvalue weighted by Crippen LogP contribution is 2.23. The zero-order chi connectivity index (χ0) is 20.1. The number of hydrogen-bond acceptors (Lipinski definition) is 5. The summed E-state index contributed by atoms with van der Waals surface area (Å²) in [5.74, 6) is -0.257. The molecule has 2 aromatic rings. The summed E-state index contributed by atoms with van der Waals surface area (Å²) >= 11 is 0. The van der Waals surface area contributed by atoms with E-state index in [9.17, 15) is 9.59 Å². The monoisotopic (exact) mass is 393 g/mol. The highest BCUT2D eigenvalue weighted by molar-refractivity contribution is 6.07. The van der Waals surface area contributed by atoms with E-state index < -0.39 is 0 Å². The summed E-state index contributed by atoms with van der Waals surface area (Å²) in [5, 5.41) is 2.74. The molecule has 0 bridgehead atoms. The van der Waals surface area contributed by atoms with Gasteiger partial charge in [-0.3, -0.25) is 9.59 Å². The fraction of sp³-hybridized carbons (Fsp3) is 0.455. The Morgan fingerprint density at radius 1 is 0.897 bits per heavy atom. The van der Waals surface area contributed by atoms with Crippen molar-refractivity contribution in [2.45, 2.75) is 38.1 Å². The van der Waals surface area contributed by atoms with E-state index >= 15 is 0 Å². The molecular weight excluding hydrogens is 366 g/mol. The highest BCUT2D eigenvalue weighted by atomic mass is 16.2. The SMILES string of the molecule is O=C(Nc1nccnc1C(=O)N1CCC(N2CCCCC2)CC1)c1ccccc1. The standard InChI is InChI=1S/C22H27N5O2/c28-21(17-7-3-1-4-8-17)25-20-19(23-11-12-24-20)22(29)27-15-9-18(10-16-27)26-13-5-2-6-14-26/h1,3-4,7-8,11-12,18H,2,5-6,9-10,13-16H2,(H,24,25,28). The molecule has 1 N–H and O–H groups in total. The van der Waals surface area contributed by atoms with Gasteiger partial charge in [-0.1, -0.05) is 24.6 Å². The molecule has 2 amide bonds. The number of carbonyl (C=O) groups is 2. The van der Waals surface area contributed by atoms with Gasteiger partial charge in [-0.15, -0.1) is 0 Å². The van der Waals surface area contributed by atoms with E-state index in [0.29, 0.717) is 24.7 Å². The Labute approximate surface area is 171 Å². The van der Waals surface area contributed by atoms with E-state index in [-0.39, 0.29) is 23.3 Å². The molecule has 4 rings (SSSR count). The van der Waals surface area contributed by atoms with Gasteiger partial charge in [0.2, 0.25) is 0 Å². The number of hydrogen-bond donors (Lipinski definition) is 1. The first-order chi connectivity index (χ1) is 14.2. The van der Waals surface area contributed by atoms with Gasteiger partial charge in [0.15, 0.2) is 11.5 Å². The van der Waals surface area contributed by atoms with E-state index in [0.717, 1.165) is 12.8 Å². The summed E-state index contributed by atoms with van der Waals surface area (Å²) in [6, 6.07) is 9.45. The van der Waals surface area contributed by atoms with Crippen LogP contribution < -0.4 is 5.32 Å². The Kier molecular flexibility index (Phi) is 6.14. The second-order valence-corrected chi connectivity index (χ2v) is 7.69. The van der Waals surface area contributed by atoms with Gasteiger partial charge in [0.1, 0.15) is 0 Å². The zero-order valence-corrected chi connectivity index (χ0v) is 16.6. The van der Waals surface area contributed by atoms with Crippen LogP contribution in [0.25, 0.3) is 0 Å². The van der Waals surface area contributed by atoms with E-state index in [1.807, 2.05) is 11.0 Å². The van der Waals surface area contributed by atoms with Crippen LogP contribution in [0, 0.1) is 0 Å². The van der Waals surface area contributed by atoms with Crippen molar-refractivity contribution in [2.75, 3.05) is 31.5 Å². The average Bonchev–Trinajstić information content (AvgIpc) is 2.80. The third-order valence-electron chi connectivity index (χ3n) is 5.83. The Hall–Kier alpha value is -2.80. The molecule has 1 aromatic heterocycles. The molecular formula is C22H27N5O2. The van der Waals surface area contributed by atoms with Crippen molar-refractivity contribution in [3.8, 4) is 0 Å². The summed E-state index contributed by atoms with van der Waals surface area (Å²) in [7, 11) is 0. The number of anilines is 1. The average molecular weight is 393 g/mol. The second-order valence-electron chi connectivity index (χ2n) is 7.69. The van der Waals surface area contributed by atoms with Crippen molar-refractivity contribution in [1.29, 1.82) is 0 Å². The summed E-state index contributed by atoms with van der Waals surface area (Å²) in [6.07, 6.45) is 8.84. The van der Waals surface area contributed by atoms with E-state index in [4.69, 9.17) is 0 Å². The molecule has 0 aliphatic carbocycles. The number of nitrogens with one attached hydrogen (secondary N) is 1. The molecule has 0 spiro atoms. The van der Waals surface area contributed by atoms with E-state index in [2.05, 4.69) is 20.2 Å². The molecule has 2 aliphatic heterocycles. The van der Waals surface area contributed by atoms with Crippen molar-refractivity contribution in [3.63, 3.8) is 0 Å². The number of amides is 2. The van der Waals surface area contributed by atoms with Gasteiger partial charge in [-0.25, -0.2) is 9.97 Å².